The van der Waals surface area contributed by atoms with E-state index in [1.807, 2.05) is 37.3 Å². The second-order valence-electron chi connectivity index (χ2n) is 7.12. The van der Waals surface area contributed by atoms with Crippen molar-refractivity contribution in [3.05, 3.63) is 35.9 Å². The van der Waals surface area contributed by atoms with Crippen LogP contribution in [0.2, 0.25) is 0 Å². The smallest absolute Gasteiger partial charge is 0.106 e. The molecule has 0 saturated carbocycles. The molecule has 1 heterocycles. The first kappa shape index (κ1) is 17.4. The topological polar surface area (TPSA) is 58.9 Å². The Morgan fingerprint density at radius 2 is 2.05 bits per heavy atom. The molecule has 1 aromatic rings. The maximum absolute atomic E-state index is 10.4. The molecular weight excluding hydrogens is 280 g/mol. The van der Waals surface area contributed by atoms with Crippen LogP contribution in [-0.4, -0.2) is 40.2 Å². The van der Waals surface area contributed by atoms with Gasteiger partial charge in [-0.3, -0.25) is 0 Å². The molecule has 1 aliphatic rings. The summed E-state index contributed by atoms with van der Waals surface area (Å²) in [6.07, 6.45) is 1.55. The van der Waals surface area contributed by atoms with Crippen molar-refractivity contribution in [3.8, 4) is 0 Å². The molecule has 2 rings (SSSR count). The van der Waals surface area contributed by atoms with E-state index in [1.165, 1.54) is 0 Å². The summed E-state index contributed by atoms with van der Waals surface area (Å²) in [6.45, 7) is 6.23. The third-order valence-corrected chi connectivity index (χ3v) is 4.22. The highest BCUT2D eigenvalue weighted by molar-refractivity contribution is 5.13. The maximum atomic E-state index is 10.4. The number of benzene rings is 1. The Kier molecular flexibility index (Phi) is 5.61. The molecule has 1 saturated heterocycles. The number of hydrogen-bond acceptors (Lipinski definition) is 4. The molecule has 2 N–H and O–H groups in total. The Balaban J connectivity index is 1.78. The van der Waals surface area contributed by atoms with Gasteiger partial charge in [-0.1, -0.05) is 30.3 Å². The van der Waals surface area contributed by atoms with Crippen LogP contribution in [-0.2, 0) is 16.1 Å². The van der Waals surface area contributed by atoms with Gasteiger partial charge >= 0.3 is 0 Å². The zero-order valence-corrected chi connectivity index (χ0v) is 13.8. The van der Waals surface area contributed by atoms with Crippen molar-refractivity contribution in [2.75, 3.05) is 6.61 Å². The zero-order valence-electron chi connectivity index (χ0n) is 13.8. The Morgan fingerprint density at radius 1 is 1.36 bits per heavy atom. The van der Waals surface area contributed by atoms with E-state index in [0.717, 1.165) is 18.4 Å². The van der Waals surface area contributed by atoms with Crippen molar-refractivity contribution in [1.29, 1.82) is 0 Å². The van der Waals surface area contributed by atoms with E-state index in [4.69, 9.17) is 9.47 Å². The summed E-state index contributed by atoms with van der Waals surface area (Å²) in [7, 11) is 0. The van der Waals surface area contributed by atoms with Crippen LogP contribution in [0.1, 0.15) is 45.6 Å². The molecule has 1 fully saturated rings. The maximum Gasteiger partial charge on any atom is 0.106 e. The molecule has 0 aliphatic carbocycles. The van der Waals surface area contributed by atoms with E-state index in [0.29, 0.717) is 13.0 Å². The summed E-state index contributed by atoms with van der Waals surface area (Å²) in [5, 5.41) is 20.3. The monoisotopic (exact) mass is 308 g/mol. The molecule has 3 atom stereocenters. The Labute approximate surface area is 133 Å². The first-order chi connectivity index (χ1) is 10.3. The lowest BCUT2D eigenvalue weighted by Crippen LogP contribution is -2.43. The van der Waals surface area contributed by atoms with E-state index in [2.05, 4.69) is 0 Å². The average Bonchev–Trinajstić information content (AvgIpc) is 2.80. The van der Waals surface area contributed by atoms with Crippen molar-refractivity contribution in [2.24, 2.45) is 0 Å². The molecule has 0 spiro atoms. The van der Waals surface area contributed by atoms with Crippen LogP contribution in [0.5, 0.6) is 0 Å². The van der Waals surface area contributed by atoms with E-state index in [1.54, 1.807) is 13.8 Å². The molecule has 0 amide bonds. The number of rotatable bonds is 7. The van der Waals surface area contributed by atoms with Crippen molar-refractivity contribution in [1.82, 2.24) is 0 Å². The minimum absolute atomic E-state index is 0.00577. The minimum Gasteiger partial charge on any atom is -0.390 e. The molecule has 0 unspecified atom stereocenters. The molecule has 4 nitrogen and oxygen atoms in total. The normalized spacial score (nSPS) is 27.0. The Hall–Kier alpha value is -0.940. The van der Waals surface area contributed by atoms with E-state index in [9.17, 15) is 10.2 Å². The lowest BCUT2D eigenvalue weighted by molar-refractivity contribution is -0.138. The summed E-state index contributed by atoms with van der Waals surface area (Å²) in [6, 6.07) is 9.91. The van der Waals surface area contributed by atoms with Gasteiger partial charge in [-0.2, -0.15) is 0 Å². The van der Waals surface area contributed by atoms with Crippen LogP contribution >= 0.6 is 0 Å². The van der Waals surface area contributed by atoms with Crippen LogP contribution in [0.25, 0.3) is 0 Å². The van der Waals surface area contributed by atoms with E-state index >= 15 is 0 Å². The third-order valence-electron chi connectivity index (χ3n) is 4.22. The summed E-state index contributed by atoms with van der Waals surface area (Å²) in [5.74, 6) is 0. The summed E-state index contributed by atoms with van der Waals surface area (Å²) < 4.78 is 11.6. The summed E-state index contributed by atoms with van der Waals surface area (Å²) in [5.41, 5.74) is -0.246. The molecule has 1 aliphatic heterocycles. The van der Waals surface area contributed by atoms with Gasteiger partial charge in [0.25, 0.3) is 0 Å². The van der Waals surface area contributed by atoms with Crippen LogP contribution in [0.15, 0.2) is 30.3 Å². The molecule has 0 radical (unpaired) electrons. The molecule has 1 aromatic carbocycles. The van der Waals surface area contributed by atoms with Gasteiger partial charge in [0.2, 0.25) is 0 Å². The minimum atomic E-state index is -0.745. The van der Waals surface area contributed by atoms with Crippen LogP contribution in [0.4, 0.5) is 0 Å². The predicted octanol–water partition coefficient (Wildman–Crippen LogP) is 2.66. The van der Waals surface area contributed by atoms with Gasteiger partial charge in [-0.25, -0.2) is 0 Å². The Morgan fingerprint density at radius 3 is 2.68 bits per heavy atom. The number of hydrogen-bond donors (Lipinski definition) is 2. The van der Waals surface area contributed by atoms with Crippen molar-refractivity contribution in [2.45, 2.75) is 70.1 Å². The summed E-state index contributed by atoms with van der Waals surface area (Å²) in [4.78, 5) is 0. The fourth-order valence-corrected chi connectivity index (χ4v) is 2.93. The van der Waals surface area contributed by atoms with Gasteiger partial charge < -0.3 is 19.7 Å². The van der Waals surface area contributed by atoms with Gasteiger partial charge in [0.1, 0.15) is 6.10 Å². The van der Waals surface area contributed by atoms with Gasteiger partial charge in [0.05, 0.1) is 30.5 Å². The van der Waals surface area contributed by atoms with Gasteiger partial charge in [-0.05, 0) is 39.2 Å². The third kappa shape index (κ3) is 5.06. The van der Waals surface area contributed by atoms with E-state index in [-0.39, 0.29) is 12.7 Å². The van der Waals surface area contributed by atoms with Crippen molar-refractivity contribution in [3.63, 3.8) is 0 Å². The molecule has 124 valence electrons. The molecular formula is C18H28O4. The highest BCUT2D eigenvalue weighted by Crippen LogP contribution is 2.36. The largest absolute Gasteiger partial charge is 0.390 e. The average molecular weight is 308 g/mol. The standard InChI is InChI=1S/C18H28O4/c1-17(2,20)11-15-9-10-18(3,22-15)16(19)13-21-12-14-7-5-4-6-8-14/h4-8,15-16,19-20H,9-13H2,1-3H3/t15-,16-,18+/m0/s1. The van der Waals surface area contributed by atoms with E-state index < -0.39 is 17.3 Å². The van der Waals surface area contributed by atoms with Crippen LogP contribution in [0, 0.1) is 0 Å². The number of aliphatic hydroxyl groups is 2. The second-order valence-corrected chi connectivity index (χ2v) is 7.12. The predicted molar refractivity (Wildman–Crippen MR) is 85.5 cm³/mol. The first-order valence-electron chi connectivity index (χ1n) is 7.98. The number of aliphatic hydroxyl groups excluding tert-OH is 1. The fraction of sp³-hybridized carbons (Fsp3) is 0.667. The SMILES string of the molecule is CC(C)(O)C[C@@H]1CC[C@](C)([C@@H](O)COCc2ccccc2)O1. The molecule has 0 aromatic heterocycles. The number of ether oxygens (including phenoxy) is 2. The van der Waals surface area contributed by atoms with Crippen molar-refractivity contribution >= 4 is 0 Å². The quantitative estimate of drug-likeness (QED) is 0.813. The molecule has 0 bridgehead atoms. The first-order valence-corrected chi connectivity index (χ1v) is 7.98. The second kappa shape index (κ2) is 7.09. The van der Waals surface area contributed by atoms with Gasteiger partial charge in [0.15, 0.2) is 0 Å². The van der Waals surface area contributed by atoms with Crippen LogP contribution < -0.4 is 0 Å². The lowest BCUT2D eigenvalue weighted by Gasteiger charge is -2.31. The van der Waals surface area contributed by atoms with Gasteiger partial charge in [-0.15, -0.1) is 0 Å². The molecule has 22 heavy (non-hydrogen) atoms. The molecule has 4 heteroatoms. The Bertz CT molecular complexity index is 454. The zero-order chi connectivity index (χ0) is 16.2. The van der Waals surface area contributed by atoms with Crippen molar-refractivity contribution < 1.29 is 19.7 Å². The highest BCUT2D eigenvalue weighted by atomic mass is 16.5. The lowest BCUT2D eigenvalue weighted by atomic mass is 9.94. The fourth-order valence-electron chi connectivity index (χ4n) is 2.93. The summed E-state index contributed by atoms with van der Waals surface area (Å²) >= 11 is 0. The highest BCUT2D eigenvalue weighted by Gasteiger charge is 2.43. The van der Waals surface area contributed by atoms with Crippen LogP contribution in [0.3, 0.4) is 0 Å². The van der Waals surface area contributed by atoms with Gasteiger partial charge in [0, 0.05) is 6.42 Å².